The highest BCUT2D eigenvalue weighted by Crippen LogP contribution is 2.31. The van der Waals surface area contributed by atoms with E-state index in [4.69, 9.17) is 9.47 Å². The molecule has 0 saturated carbocycles. The molecule has 1 N–H and O–H groups in total. The Hall–Kier alpha value is -0.170. The van der Waals surface area contributed by atoms with E-state index in [2.05, 4.69) is 12.2 Å². The van der Waals surface area contributed by atoms with Crippen molar-refractivity contribution in [2.45, 2.75) is 51.2 Å². The van der Waals surface area contributed by atoms with Gasteiger partial charge in [-0.1, -0.05) is 6.92 Å². The van der Waals surface area contributed by atoms with Gasteiger partial charge < -0.3 is 14.8 Å². The maximum Gasteiger partial charge on any atom is 0.147 e. The fourth-order valence-electron chi connectivity index (χ4n) is 2.80. The Balaban J connectivity index is 2.79. The van der Waals surface area contributed by atoms with Gasteiger partial charge in [0.15, 0.2) is 0 Å². The molecule has 1 saturated heterocycles. The number of ether oxygens (including phenoxy) is 2. The zero-order chi connectivity index (χ0) is 15.1. The molecule has 6 heteroatoms. The summed E-state index contributed by atoms with van der Waals surface area (Å²) >= 11 is 0. The smallest absolute Gasteiger partial charge is 0.147 e. The average molecular weight is 307 g/mol. The van der Waals surface area contributed by atoms with E-state index in [0.717, 1.165) is 25.8 Å². The van der Waals surface area contributed by atoms with Gasteiger partial charge >= 0.3 is 0 Å². The van der Waals surface area contributed by atoms with Gasteiger partial charge in [-0.3, -0.25) is 0 Å². The van der Waals surface area contributed by atoms with Crippen LogP contribution in [0, 0.1) is 0 Å². The fraction of sp³-hybridized carbons (Fsp3) is 1.00. The Morgan fingerprint density at radius 3 is 2.45 bits per heavy atom. The highest BCUT2D eigenvalue weighted by Gasteiger charge is 2.41. The van der Waals surface area contributed by atoms with Crippen LogP contribution in [-0.4, -0.2) is 58.4 Å². The van der Waals surface area contributed by atoms with Crippen LogP contribution in [0.4, 0.5) is 0 Å². The SMILES string of the molecule is CCCNC(CCS(C)(=O)=O)C1(OCC)CCOCC1. The number of nitrogens with one attached hydrogen (secondary N) is 1. The summed E-state index contributed by atoms with van der Waals surface area (Å²) in [6.45, 7) is 6.99. The summed E-state index contributed by atoms with van der Waals surface area (Å²) in [6, 6.07) is 0.0704. The molecule has 1 unspecified atom stereocenters. The summed E-state index contributed by atoms with van der Waals surface area (Å²) in [7, 11) is -2.95. The number of hydrogen-bond acceptors (Lipinski definition) is 5. The average Bonchev–Trinajstić information content (AvgIpc) is 2.39. The summed E-state index contributed by atoms with van der Waals surface area (Å²) in [5.41, 5.74) is -0.285. The molecule has 0 aromatic rings. The van der Waals surface area contributed by atoms with Crippen molar-refractivity contribution in [1.82, 2.24) is 5.32 Å². The molecule has 0 aliphatic carbocycles. The van der Waals surface area contributed by atoms with Crippen molar-refractivity contribution in [3.8, 4) is 0 Å². The van der Waals surface area contributed by atoms with E-state index < -0.39 is 9.84 Å². The Morgan fingerprint density at radius 1 is 1.30 bits per heavy atom. The first-order valence-electron chi connectivity index (χ1n) is 7.56. The first-order chi connectivity index (χ1) is 9.43. The van der Waals surface area contributed by atoms with Gasteiger partial charge in [0.1, 0.15) is 9.84 Å². The van der Waals surface area contributed by atoms with Gasteiger partial charge in [-0.15, -0.1) is 0 Å². The number of hydrogen-bond donors (Lipinski definition) is 1. The maximum atomic E-state index is 11.5. The van der Waals surface area contributed by atoms with Crippen LogP contribution in [0.5, 0.6) is 0 Å². The van der Waals surface area contributed by atoms with E-state index in [1.807, 2.05) is 6.92 Å². The molecule has 0 aromatic heterocycles. The molecule has 1 aliphatic rings. The lowest BCUT2D eigenvalue weighted by molar-refractivity contribution is -0.127. The molecule has 0 aromatic carbocycles. The Bertz CT molecular complexity index is 358. The minimum Gasteiger partial charge on any atom is -0.381 e. The molecule has 1 aliphatic heterocycles. The molecular weight excluding hydrogens is 278 g/mol. The molecule has 1 atom stereocenters. The quantitative estimate of drug-likeness (QED) is 0.697. The second-order valence-electron chi connectivity index (χ2n) is 5.54. The molecule has 1 heterocycles. The van der Waals surface area contributed by atoms with Gasteiger partial charge in [0.2, 0.25) is 0 Å². The van der Waals surface area contributed by atoms with Crippen molar-refractivity contribution in [3.05, 3.63) is 0 Å². The van der Waals surface area contributed by atoms with Crippen molar-refractivity contribution >= 4 is 9.84 Å². The summed E-state index contributed by atoms with van der Waals surface area (Å²) in [4.78, 5) is 0. The maximum absolute atomic E-state index is 11.5. The van der Waals surface area contributed by atoms with Gasteiger partial charge in [0.25, 0.3) is 0 Å². The number of sulfone groups is 1. The monoisotopic (exact) mass is 307 g/mol. The van der Waals surface area contributed by atoms with E-state index in [-0.39, 0.29) is 17.4 Å². The van der Waals surface area contributed by atoms with Crippen LogP contribution in [0.3, 0.4) is 0 Å². The first kappa shape index (κ1) is 17.9. The first-order valence-corrected chi connectivity index (χ1v) is 9.62. The van der Waals surface area contributed by atoms with Crippen LogP contribution in [-0.2, 0) is 19.3 Å². The van der Waals surface area contributed by atoms with Gasteiger partial charge in [-0.05, 0) is 26.3 Å². The van der Waals surface area contributed by atoms with Crippen LogP contribution in [0.2, 0.25) is 0 Å². The molecule has 5 nitrogen and oxygen atoms in total. The Morgan fingerprint density at radius 2 is 1.95 bits per heavy atom. The van der Waals surface area contributed by atoms with Crippen molar-refractivity contribution in [3.63, 3.8) is 0 Å². The fourth-order valence-corrected chi connectivity index (χ4v) is 3.46. The molecular formula is C14H29NO4S. The molecule has 20 heavy (non-hydrogen) atoms. The van der Waals surface area contributed by atoms with Crippen LogP contribution in [0.1, 0.15) is 39.5 Å². The van der Waals surface area contributed by atoms with Gasteiger partial charge in [0, 0.05) is 45.0 Å². The van der Waals surface area contributed by atoms with Crippen LogP contribution >= 0.6 is 0 Å². The summed E-state index contributed by atoms with van der Waals surface area (Å²) < 4.78 is 34.4. The molecule has 0 bridgehead atoms. The topological polar surface area (TPSA) is 64.6 Å². The van der Waals surface area contributed by atoms with Gasteiger partial charge in [0.05, 0.1) is 11.4 Å². The second-order valence-corrected chi connectivity index (χ2v) is 7.80. The van der Waals surface area contributed by atoms with E-state index in [9.17, 15) is 8.42 Å². The Labute approximate surface area is 123 Å². The summed E-state index contributed by atoms with van der Waals surface area (Å²) in [6.07, 6.45) is 4.56. The third-order valence-corrected chi connectivity index (χ3v) is 4.80. The van der Waals surface area contributed by atoms with E-state index in [0.29, 0.717) is 26.2 Å². The van der Waals surface area contributed by atoms with Crippen LogP contribution < -0.4 is 5.32 Å². The molecule has 0 amide bonds. The summed E-state index contributed by atoms with van der Waals surface area (Å²) in [5, 5.41) is 3.49. The predicted octanol–water partition coefficient (Wildman–Crippen LogP) is 1.38. The van der Waals surface area contributed by atoms with Crippen molar-refractivity contribution < 1.29 is 17.9 Å². The molecule has 0 radical (unpaired) electrons. The van der Waals surface area contributed by atoms with Crippen LogP contribution in [0.25, 0.3) is 0 Å². The normalized spacial score (nSPS) is 20.8. The lowest BCUT2D eigenvalue weighted by atomic mass is 9.84. The predicted molar refractivity (Wildman–Crippen MR) is 80.8 cm³/mol. The molecule has 120 valence electrons. The van der Waals surface area contributed by atoms with Crippen LogP contribution in [0.15, 0.2) is 0 Å². The van der Waals surface area contributed by atoms with Gasteiger partial charge in [-0.2, -0.15) is 0 Å². The summed E-state index contributed by atoms with van der Waals surface area (Å²) in [5.74, 6) is 0.198. The van der Waals surface area contributed by atoms with E-state index in [1.54, 1.807) is 0 Å². The minimum absolute atomic E-state index is 0.0704. The molecule has 1 rings (SSSR count). The van der Waals surface area contributed by atoms with Crippen molar-refractivity contribution in [2.75, 3.05) is 38.4 Å². The zero-order valence-corrected chi connectivity index (χ0v) is 13.8. The second kappa shape index (κ2) is 8.32. The lowest BCUT2D eigenvalue weighted by Crippen LogP contribution is -2.56. The highest BCUT2D eigenvalue weighted by molar-refractivity contribution is 7.90. The minimum atomic E-state index is -2.95. The lowest BCUT2D eigenvalue weighted by Gasteiger charge is -2.43. The van der Waals surface area contributed by atoms with Gasteiger partial charge in [-0.25, -0.2) is 8.42 Å². The number of rotatable bonds is 9. The van der Waals surface area contributed by atoms with Crippen molar-refractivity contribution in [2.24, 2.45) is 0 Å². The largest absolute Gasteiger partial charge is 0.381 e. The van der Waals surface area contributed by atoms with Crippen molar-refractivity contribution in [1.29, 1.82) is 0 Å². The Kier molecular flexibility index (Phi) is 7.43. The van der Waals surface area contributed by atoms with E-state index >= 15 is 0 Å². The van der Waals surface area contributed by atoms with E-state index in [1.165, 1.54) is 6.26 Å². The molecule has 1 fully saturated rings. The third kappa shape index (κ3) is 5.68. The molecule has 0 spiro atoms. The standard InChI is InChI=1S/C14H29NO4S/c1-4-9-15-13(6-12-20(3,16)17)14(19-5-2)7-10-18-11-8-14/h13,15H,4-12H2,1-3H3. The third-order valence-electron chi connectivity index (χ3n) is 3.82. The zero-order valence-electron chi connectivity index (χ0n) is 13.0. The highest BCUT2D eigenvalue weighted by atomic mass is 32.2.